The molecule has 0 saturated heterocycles. The maximum atomic E-state index is 4.64. The molecule has 0 saturated carbocycles. The SMILES string of the molecule is C1=CCCC=CCC1.CCl.[Pd]. The van der Waals surface area contributed by atoms with Gasteiger partial charge < -0.3 is 0 Å². The average Bonchev–Trinajstić information content (AvgIpc) is 1.90. The summed E-state index contributed by atoms with van der Waals surface area (Å²) in [6.45, 7) is 0. The second-order valence-electron chi connectivity index (χ2n) is 2.10. The van der Waals surface area contributed by atoms with Gasteiger partial charge in [0.15, 0.2) is 0 Å². The maximum absolute atomic E-state index is 4.64. The number of rotatable bonds is 0. The molecule has 0 aromatic carbocycles. The van der Waals surface area contributed by atoms with Crippen molar-refractivity contribution in [2.24, 2.45) is 0 Å². The molecule has 0 aliphatic heterocycles. The molecule has 0 heterocycles. The van der Waals surface area contributed by atoms with Crippen molar-refractivity contribution in [1.29, 1.82) is 0 Å². The van der Waals surface area contributed by atoms with Gasteiger partial charge in [-0.25, -0.2) is 0 Å². The maximum Gasteiger partial charge on any atom is 0.0108 e. The van der Waals surface area contributed by atoms with Crippen molar-refractivity contribution < 1.29 is 20.4 Å². The van der Waals surface area contributed by atoms with Gasteiger partial charge >= 0.3 is 0 Å². The first-order valence-corrected chi connectivity index (χ1v) is 4.43. The van der Waals surface area contributed by atoms with E-state index in [0.29, 0.717) is 0 Å². The Morgan fingerprint density at radius 1 is 0.727 bits per heavy atom. The molecule has 0 N–H and O–H groups in total. The molecular formula is C9H15ClPd. The number of halogens is 1. The Bertz CT molecular complexity index is 82.1. The van der Waals surface area contributed by atoms with Crippen molar-refractivity contribution in [3.63, 3.8) is 0 Å². The Kier molecular flexibility index (Phi) is 16.6. The molecule has 0 atom stereocenters. The molecule has 0 bridgehead atoms. The Morgan fingerprint density at radius 3 is 1.09 bits per heavy atom. The molecular weight excluding hydrogens is 250 g/mol. The van der Waals surface area contributed by atoms with Gasteiger partial charge in [0.2, 0.25) is 0 Å². The minimum atomic E-state index is 0. The summed E-state index contributed by atoms with van der Waals surface area (Å²) in [4.78, 5) is 0. The standard InChI is InChI=1S/C8H12.CH3Cl.Pd/c1-2-4-6-8-7-5-3-1;1-2;/h1-2,7-8H,3-6H2;1H3;. The summed E-state index contributed by atoms with van der Waals surface area (Å²) in [5.74, 6) is 0. The van der Waals surface area contributed by atoms with Gasteiger partial charge in [-0.3, -0.25) is 0 Å². The van der Waals surface area contributed by atoms with Crippen LogP contribution in [0.25, 0.3) is 0 Å². The van der Waals surface area contributed by atoms with E-state index in [9.17, 15) is 0 Å². The van der Waals surface area contributed by atoms with E-state index in [0.717, 1.165) is 0 Å². The quantitative estimate of drug-likeness (QED) is 0.357. The van der Waals surface area contributed by atoms with Crippen LogP contribution in [0, 0.1) is 0 Å². The molecule has 0 aromatic heterocycles. The van der Waals surface area contributed by atoms with E-state index in [4.69, 9.17) is 0 Å². The van der Waals surface area contributed by atoms with Crippen LogP contribution in [-0.2, 0) is 20.4 Å². The van der Waals surface area contributed by atoms with E-state index in [-0.39, 0.29) is 20.4 Å². The molecule has 1 aliphatic rings. The molecule has 1 aliphatic carbocycles. The molecule has 0 spiro atoms. The summed E-state index contributed by atoms with van der Waals surface area (Å²) >= 11 is 4.64. The predicted molar refractivity (Wildman–Crippen MR) is 48.5 cm³/mol. The van der Waals surface area contributed by atoms with E-state index in [1.807, 2.05) is 0 Å². The summed E-state index contributed by atoms with van der Waals surface area (Å²) in [7, 11) is 0. The van der Waals surface area contributed by atoms with Crippen molar-refractivity contribution in [3.8, 4) is 0 Å². The Hall–Kier alpha value is 0.432. The molecule has 0 aromatic rings. The zero-order chi connectivity index (χ0) is 7.66. The fourth-order valence-corrected chi connectivity index (χ4v) is 0.856. The van der Waals surface area contributed by atoms with Gasteiger partial charge in [-0.1, -0.05) is 24.3 Å². The second-order valence-corrected chi connectivity index (χ2v) is 2.10. The zero-order valence-corrected chi connectivity index (χ0v) is 9.14. The Morgan fingerprint density at radius 2 is 0.909 bits per heavy atom. The summed E-state index contributed by atoms with van der Waals surface area (Å²) in [6, 6.07) is 0. The smallest absolute Gasteiger partial charge is 0.0108 e. The molecule has 0 nitrogen and oxygen atoms in total. The molecule has 1 rings (SSSR count). The first-order valence-electron chi connectivity index (χ1n) is 3.68. The van der Waals surface area contributed by atoms with Crippen molar-refractivity contribution in [3.05, 3.63) is 24.3 Å². The first kappa shape index (κ1) is 14.0. The minimum Gasteiger partial charge on any atom is -0.130 e. The minimum absolute atomic E-state index is 0. The Labute approximate surface area is 88.4 Å². The van der Waals surface area contributed by atoms with E-state index in [1.54, 1.807) is 0 Å². The van der Waals surface area contributed by atoms with Gasteiger partial charge in [-0.2, -0.15) is 0 Å². The van der Waals surface area contributed by atoms with Crippen molar-refractivity contribution in [2.45, 2.75) is 25.7 Å². The number of hydrogen-bond donors (Lipinski definition) is 0. The van der Waals surface area contributed by atoms with Crippen molar-refractivity contribution in [1.82, 2.24) is 0 Å². The molecule has 0 unspecified atom stereocenters. The normalized spacial score (nSPS) is 15.1. The molecule has 0 amide bonds. The van der Waals surface area contributed by atoms with Crippen LogP contribution in [0.5, 0.6) is 0 Å². The van der Waals surface area contributed by atoms with Crippen molar-refractivity contribution in [2.75, 3.05) is 6.38 Å². The summed E-state index contributed by atoms with van der Waals surface area (Å²) in [6.07, 6.45) is 15.5. The van der Waals surface area contributed by atoms with E-state index in [1.165, 1.54) is 32.1 Å². The van der Waals surface area contributed by atoms with Crippen LogP contribution in [0.3, 0.4) is 0 Å². The van der Waals surface area contributed by atoms with Crippen LogP contribution >= 0.6 is 11.6 Å². The molecule has 0 radical (unpaired) electrons. The third kappa shape index (κ3) is 10.4. The fraction of sp³-hybridized carbons (Fsp3) is 0.556. The van der Waals surface area contributed by atoms with Crippen molar-refractivity contribution >= 4 is 11.6 Å². The number of allylic oxidation sites excluding steroid dienone is 4. The van der Waals surface area contributed by atoms with Crippen LogP contribution < -0.4 is 0 Å². The number of alkyl halides is 1. The third-order valence-electron chi connectivity index (χ3n) is 1.33. The Balaban J connectivity index is 0. The topological polar surface area (TPSA) is 0 Å². The van der Waals surface area contributed by atoms with Gasteiger partial charge in [-0.05, 0) is 25.7 Å². The second kappa shape index (κ2) is 13.1. The molecule has 11 heavy (non-hydrogen) atoms. The predicted octanol–water partition coefficient (Wildman–Crippen LogP) is 3.53. The van der Waals surface area contributed by atoms with E-state index in [2.05, 4.69) is 35.9 Å². The van der Waals surface area contributed by atoms with Gasteiger partial charge in [0.05, 0.1) is 0 Å². The summed E-state index contributed by atoms with van der Waals surface area (Å²) in [5, 5.41) is 0. The molecule has 0 fully saturated rings. The van der Waals surface area contributed by atoms with Crippen LogP contribution in [0.15, 0.2) is 24.3 Å². The number of hydrogen-bond acceptors (Lipinski definition) is 0. The summed E-state index contributed by atoms with van der Waals surface area (Å²) in [5.41, 5.74) is 0. The van der Waals surface area contributed by atoms with Crippen LogP contribution in [0.1, 0.15) is 25.7 Å². The van der Waals surface area contributed by atoms with Crippen LogP contribution in [-0.4, -0.2) is 6.38 Å². The first-order chi connectivity index (χ1) is 5.00. The summed E-state index contributed by atoms with van der Waals surface area (Å²) < 4.78 is 0. The van der Waals surface area contributed by atoms with Gasteiger partial charge in [0.1, 0.15) is 0 Å². The molecule has 68 valence electrons. The fourth-order valence-electron chi connectivity index (χ4n) is 0.856. The van der Waals surface area contributed by atoms with Crippen LogP contribution in [0.4, 0.5) is 0 Å². The monoisotopic (exact) mass is 264 g/mol. The van der Waals surface area contributed by atoms with E-state index >= 15 is 0 Å². The van der Waals surface area contributed by atoms with Gasteiger partial charge in [-0.15, -0.1) is 11.6 Å². The largest absolute Gasteiger partial charge is 0.130 e. The third-order valence-corrected chi connectivity index (χ3v) is 1.33. The van der Waals surface area contributed by atoms with Gasteiger partial charge in [0.25, 0.3) is 0 Å². The van der Waals surface area contributed by atoms with Crippen LogP contribution in [0.2, 0.25) is 0 Å². The molecule has 2 heteroatoms. The zero-order valence-electron chi connectivity index (χ0n) is 6.83. The average molecular weight is 265 g/mol. The van der Waals surface area contributed by atoms with E-state index < -0.39 is 0 Å². The van der Waals surface area contributed by atoms with Gasteiger partial charge in [0, 0.05) is 26.8 Å².